The topological polar surface area (TPSA) is 130 Å². The Labute approximate surface area is 205 Å². The number of aliphatic carboxylic acids is 1. The monoisotopic (exact) mass is 476 g/mol. The second-order valence-electron chi connectivity index (χ2n) is 8.09. The van der Waals surface area contributed by atoms with Crippen LogP contribution in [0.15, 0.2) is 78.9 Å². The van der Waals surface area contributed by atoms with Crippen molar-refractivity contribution in [2.24, 2.45) is 5.73 Å². The number of carboxylic acid groups (broad SMARTS) is 1. The maximum Gasteiger partial charge on any atom is 0.320 e. The highest BCUT2D eigenvalue weighted by atomic mass is 16.5. The Morgan fingerprint density at radius 3 is 1.83 bits per heavy atom. The molecule has 3 aromatic rings. The van der Waals surface area contributed by atoms with Crippen LogP contribution in [0.4, 0.5) is 0 Å². The van der Waals surface area contributed by atoms with Gasteiger partial charge in [-0.2, -0.15) is 0 Å². The fourth-order valence-electron chi connectivity index (χ4n) is 4.17. The van der Waals surface area contributed by atoms with Crippen LogP contribution in [0.2, 0.25) is 0 Å². The van der Waals surface area contributed by atoms with Gasteiger partial charge in [0.25, 0.3) is 0 Å². The maximum atomic E-state index is 12.4. The zero-order valence-electron chi connectivity index (χ0n) is 20.0. The van der Waals surface area contributed by atoms with Crippen molar-refractivity contribution in [1.82, 2.24) is 10.6 Å². The number of hydrogen-bond acceptors (Lipinski definition) is 5. The number of carbonyl (C=O) groups is 1. The van der Waals surface area contributed by atoms with Gasteiger partial charge in [-0.05, 0) is 53.8 Å². The molecule has 0 fully saturated rings. The van der Waals surface area contributed by atoms with Gasteiger partial charge in [-0.25, -0.2) is 0 Å². The third kappa shape index (κ3) is 6.10. The zero-order valence-corrected chi connectivity index (χ0v) is 20.0. The lowest BCUT2D eigenvalue weighted by Gasteiger charge is -2.39. The second kappa shape index (κ2) is 11.9. The molecule has 0 amide bonds. The number of rotatable bonds is 12. The largest absolute Gasteiger partial charge is 0.497 e. The molecule has 6 N–H and O–H groups in total. The normalized spacial score (nSPS) is 11.9. The molecule has 0 heterocycles. The molecule has 184 valence electrons. The van der Waals surface area contributed by atoms with E-state index in [2.05, 4.69) is 10.6 Å². The summed E-state index contributed by atoms with van der Waals surface area (Å²) in [4.78, 5) is 12.4. The fraction of sp³-hybridized carbons (Fsp3) is 0.259. The number of benzene rings is 3. The molecule has 0 saturated carbocycles. The molecule has 0 radical (unpaired) electrons. The summed E-state index contributed by atoms with van der Waals surface area (Å²) in [6, 6.07) is 24.1. The van der Waals surface area contributed by atoms with Gasteiger partial charge in [0, 0.05) is 6.54 Å². The summed E-state index contributed by atoms with van der Waals surface area (Å²) in [6.45, 7) is 0.407. The minimum absolute atomic E-state index is 0.139. The number of nitrogens with two attached hydrogens (primary N) is 1. The predicted molar refractivity (Wildman–Crippen MR) is 136 cm³/mol. The van der Waals surface area contributed by atoms with Gasteiger partial charge in [-0.1, -0.05) is 54.6 Å². The zero-order chi connectivity index (χ0) is 25.3. The van der Waals surface area contributed by atoms with Gasteiger partial charge in [0.2, 0.25) is 0 Å². The van der Waals surface area contributed by atoms with Crippen LogP contribution < -0.4 is 25.8 Å². The first-order valence-corrected chi connectivity index (χ1v) is 11.3. The van der Waals surface area contributed by atoms with E-state index in [0.29, 0.717) is 30.9 Å². The van der Waals surface area contributed by atoms with Crippen molar-refractivity contribution >= 4 is 11.9 Å². The van der Waals surface area contributed by atoms with Gasteiger partial charge in [-0.3, -0.25) is 15.5 Å². The van der Waals surface area contributed by atoms with Crippen molar-refractivity contribution in [3.63, 3.8) is 0 Å². The molecule has 1 atom stereocenters. The number of nitrogens with one attached hydrogen (secondary N) is 3. The molecule has 0 aliphatic carbocycles. The standard InChI is InChI=1S/C27H32N4O4/c1-34-22-14-10-20(11-15-22)27(19-7-4-3-5-8-19,21-12-16-23(35-2)17-13-21)31-24(25(32)33)9-6-18-30-26(28)29/h3-5,7-8,10-17,24,31H,6,9,18H2,1-2H3,(H,32,33)(H4,28,29,30)/t24-/m1/s1. The van der Waals surface area contributed by atoms with Crippen LogP contribution in [-0.2, 0) is 10.3 Å². The SMILES string of the molecule is COc1ccc(C(N[C@H](CCCNC(=N)N)C(=O)O)(c2ccccc2)c2ccc(OC)cc2)cc1. The Kier molecular flexibility index (Phi) is 8.69. The van der Waals surface area contributed by atoms with Gasteiger partial charge in [0.05, 0.1) is 19.8 Å². The predicted octanol–water partition coefficient (Wildman–Crippen LogP) is 3.30. The first kappa shape index (κ1) is 25.6. The first-order chi connectivity index (χ1) is 16.9. The molecule has 35 heavy (non-hydrogen) atoms. The fourth-order valence-corrected chi connectivity index (χ4v) is 4.17. The van der Waals surface area contributed by atoms with Crippen LogP contribution in [0.25, 0.3) is 0 Å². The smallest absolute Gasteiger partial charge is 0.320 e. The number of hydrogen-bond donors (Lipinski definition) is 5. The molecule has 0 aliphatic heterocycles. The van der Waals surface area contributed by atoms with Crippen molar-refractivity contribution in [2.75, 3.05) is 20.8 Å². The lowest BCUT2D eigenvalue weighted by molar-refractivity contribution is -0.140. The molecule has 8 nitrogen and oxygen atoms in total. The van der Waals surface area contributed by atoms with Gasteiger partial charge in [0.1, 0.15) is 17.5 Å². The van der Waals surface area contributed by atoms with E-state index in [9.17, 15) is 9.90 Å². The minimum Gasteiger partial charge on any atom is -0.497 e. The van der Waals surface area contributed by atoms with Crippen molar-refractivity contribution < 1.29 is 19.4 Å². The van der Waals surface area contributed by atoms with Crippen LogP contribution in [-0.4, -0.2) is 43.8 Å². The summed E-state index contributed by atoms with van der Waals surface area (Å²) < 4.78 is 10.7. The highest BCUT2D eigenvalue weighted by molar-refractivity contribution is 5.75. The number of carboxylic acids is 1. The van der Waals surface area contributed by atoms with E-state index in [1.54, 1.807) is 14.2 Å². The Balaban J connectivity index is 2.15. The van der Waals surface area contributed by atoms with Crippen molar-refractivity contribution in [3.05, 3.63) is 95.6 Å². The van der Waals surface area contributed by atoms with E-state index in [-0.39, 0.29) is 5.96 Å². The van der Waals surface area contributed by atoms with Crippen molar-refractivity contribution in [3.8, 4) is 11.5 Å². The Morgan fingerprint density at radius 2 is 1.40 bits per heavy atom. The maximum absolute atomic E-state index is 12.4. The molecule has 3 rings (SSSR count). The average Bonchev–Trinajstić information content (AvgIpc) is 2.89. The van der Waals surface area contributed by atoms with E-state index in [1.165, 1.54) is 0 Å². The Morgan fingerprint density at radius 1 is 0.914 bits per heavy atom. The number of guanidine groups is 1. The Hall–Kier alpha value is -4.04. The second-order valence-corrected chi connectivity index (χ2v) is 8.09. The summed E-state index contributed by atoms with van der Waals surface area (Å²) in [5.41, 5.74) is 7.01. The molecular formula is C27H32N4O4. The van der Waals surface area contributed by atoms with Crippen LogP contribution in [0.5, 0.6) is 11.5 Å². The minimum atomic E-state index is -0.975. The van der Waals surface area contributed by atoms with Crippen molar-refractivity contribution in [2.45, 2.75) is 24.4 Å². The van der Waals surface area contributed by atoms with Crippen molar-refractivity contribution in [1.29, 1.82) is 5.41 Å². The molecule has 0 aliphatic rings. The molecule has 0 saturated heterocycles. The van der Waals surface area contributed by atoms with Crippen LogP contribution in [0, 0.1) is 5.41 Å². The molecule has 8 heteroatoms. The highest BCUT2D eigenvalue weighted by Gasteiger charge is 2.39. The van der Waals surface area contributed by atoms with Crippen LogP contribution in [0.1, 0.15) is 29.5 Å². The van der Waals surface area contributed by atoms with Gasteiger partial charge >= 0.3 is 5.97 Å². The Bertz CT molecular complexity index is 1050. The van der Waals surface area contributed by atoms with Crippen LogP contribution >= 0.6 is 0 Å². The number of methoxy groups -OCH3 is 2. The summed E-state index contributed by atoms with van der Waals surface area (Å²) in [5, 5.41) is 23.7. The van der Waals surface area contributed by atoms with E-state index >= 15 is 0 Å². The molecule has 3 aromatic carbocycles. The first-order valence-electron chi connectivity index (χ1n) is 11.3. The van der Waals surface area contributed by atoms with Gasteiger partial charge in [0.15, 0.2) is 5.96 Å². The summed E-state index contributed by atoms with van der Waals surface area (Å²) in [7, 11) is 3.22. The quantitative estimate of drug-likeness (QED) is 0.117. The van der Waals surface area contributed by atoms with E-state index in [0.717, 1.165) is 16.7 Å². The average molecular weight is 477 g/mol. The molecule has 0 aromatic heterocycles. The summed E-state index contributed by atoms with van der Waals surface area (Å²) in [5.74, 6) is 0.307. The lowest BCUT2D eigenvalue weighted by Crippen LogP contribution is -2.52. The lowest BCUT2D eigenvalue weighted by atomic mass is 9.76. The number of ether oxygens (including phenoxy) is 2. The van der Waals surface area contributed by atoms with Gasteiger partial charge < -0.3 is 25.6 Å². The molecule has 0 bridgehead atoms. The molecule has 0 unspecified atom stereocenters. The highest BCUT2D eigenvalue weighted by Crippen LogP contribution is 2.39. The van der Waals surface area contributed by atoms with Crippen LogP contribution in [0.3, 0.4) is 0 Å². The van der Waals surface area contributed by atoms with E-state index < -0.39 is 17.6 Å². The van der Waals surface area contributed by atoms with Gasteiger partial charge in [-0.15, -0.1) is 0 Å². The van der Waals surface area contributed by atoms with E-state index in [1.807, 2.05) is 78.9 Å². The summed E-state index contributed by atoms with van der Waals surface area (Å²) >= 11 is 0. The molecular weight excluding hydrogens is 444 g/mol. The third-order valence-corrected chi connectivity index (χ3v) is 5.93. The van der Waals surface area contributed by atoms with E-state index in [4.69, 9.17) is 20.6 Å². The third-order valence-electron chi connectivity index (χ3n) is 5.93. The molecule has 0 spiro atoms. The summed E-state index contributed by atoms with van der Waals surface area (Å²) in [6.07, 6.45) is 0.843.